The monoisotopic (exact) mass is 369 g/mol. The van der Waals surface area contributed by atoms with Gasteiger partial charge in [-0.3, -0.25) is 5.41 Å². The Labute approximate surface area is 156 Å². The zero-order chi connectivity index (χ0) is 18.2. The molecule has 26 heavy (non-hydrogen) atoms. The van der Waals surface area contributed by atoms with E-state index in [0.29, 0.717) is 18.9 Å². The van der Waals surface area contributed by atoms with Gasteiger partial charge in [0.05, 0.1) is 10.6 Å². The lowest BCUT2D eigenvalue weighted by Crippen LogP contribution is -2.20. The minimum Gasteiger partial charge on any atom is -0.492 e. The molecule has 3 N–H and O–H groups in total. The maximum atomic E-state index is 14.2. The van der Waals surface area contributed by atoms with Crippen molar-refractivity contribution in [2.75, 3.05) is 18.5 Å². The minimum absolute atomic E-state index is 0.178. The number of hydrogen-bond donors (Lipinski definition) is 3. The molecule has 134 valence electrons. The van der Waals surface area contributed by atoms with Gasteiger partial charge in [-0.2, -0.15) is 0 Å². The highest BCUT2D eigenvalue weighted by Gasteiger charge is 2.08. The van der Waals surface area contributed by atoms with Crippen LogP contribution < -0.4 is 15.4 Å². The first-order valence-corrected chi connectivity index (χ1v) is 9.17. The first kappa shape index (κ1) is 18.1. The van der Waals surface area contributed by atoms with Crippen LogP contribution in [0.1, 0.15) is 10.4 Å². The van der Waals surface area contributed by atoms with Crippen molar-refractivity contribution in [3.63, 3.8) is 0 Å². The molecule has 0 aliphatic rings. The Morgan fingerprint density at radius 1 is 1.08 bits per heavy atom. The van der Waals surface area contributed by atoms with Gasteiger partial charge in [-0.15, -0.1) is 11.3 Å². The second-order valence-electron chi connectivity index (χ2n) is 5.63. The summed E-state index contributed by atoms with van der Waals surface area (Å²) in [6.45, 7) is 1.88. The molecule has 2 aromatic carbocycles. The number of nitrogens with one attached hydrogen (secondary N) is 3. The van der Waals surface area contributed by atoms with Crippen LogP contribution in [0.25, 0.3) is 0 Å². The van der Waals surface area contributed by atoms with E-state index in [-0.39, 0.29) is 11.5 Å². The van der Waals surface area contributed by atoms with Gasteiger partial charge in [0.15, 0.2) is 0 Å². The van der Waals surface area contributed by atoms with Gasteiger partial charge in [0.1, 0.15) is 24.0 Å². The van der Waals surface area contributed by atoms with Crippen LogP contribution in [0, 0.1) is 11.2 Å². The molecule has 0 saturated heterocycles. The van der Waals surface area contributed by atoms with Gasteiger partial charge < -0.3 is 15.4 Å². The molecule has 0 aliphatic heterocycles. The van der Waals surface area contributed by atoms with Crippen molar-refractivity contribution in [2.24, 2.45) is 0 Å². The highest BCUT2D eigenvalue weighted by Crippen LogP contribution is 2.22. The quantitative estimate of drug-likeness (QED) is 0.311. The number of rotatable bonds is 8. The Kier molecular flexibility index (Phi) is 6.35. The van der Waals surface area contributed by atoms with Crippen molar-refractivity contribution >= 4 is 22.9 Å². The van der Waals surface area contributed by atoms with Crippen molar-refractivity contribution in [2.45, 2.75) is 6.54 Å². The third kappa shape index (κ3) is 5.15. The van der Waals surface area contributed by atoms with E-state index in [4.69, 9.17) is 10.1 Å². The lowest BCUT2D eigenvalue weighted by molar-refractivity contribution is 0.312. The topological polar surface area (TPSA) is 57.1 Å². The molecule has 1 aromatic heterocycles. The van der Waals surface area contributed by atoms with Crippen LogP contribution in [0.3, 0.4) is 0 Å². The maximum Gasteiger partial charge on any atom is 0.150 e. The summed E-state index contributed by atoms with van der Waals surface area (Å²) in [6, 6.07) is 18.4. The molecule has 0 bridgehead atoms. The largest absolute Gasteiger partial charge is 0.492 e. The SMILES string of the molecule is N=C(Nc1ccc(OCCNCc2ccccc2)cc1F)c1cccs1. The van der Waals surface area contributed by atoms with Gasteiger partial charge in [0.25, 0.3) is 0 Å². The van der Waals surface area contributed by atoms with Crippen molar-refractivity contribution in [1.82, 2.24) is 5.32 Å². The van der Waals surface area contributed by atoms with Crippen LogP contribution >= 0.6 is 11.3 Å². The third-order valence-electron chi connectivity index (χ3n) is 3.69. The zero-order valence-corrected chi connectivity index (χ0v) is 15.0. The first-order chi connectivity index (χ1) is 12.7. The second kappa shape index (κ2) is 9.12. The van der Waals surface area contributed by atoms with Crippen LogP contribution in [-0.2, 0) is 6.54 Å². The number of benzene rings is 2. The minimum atomic E-state index is -0.443. The molecule has 0 aliphatic carbocycles. The van der Waals surface area contributed by atoms with Gasteiger partial charge in [-0.1, -0.05) is 36.4 Å². The average molecular weight is 369 g/mol. The molecule has 1 heterocycles. The number of anilines is 1. The Hall–Kier alpha value is -2.70. The van der Waals surface area contributed by atoms with Crippen LogP contribution in [0.4, 0.5) is 10.1 Å². The van der Waals surface area contributed by atoms with Gasteiger partial charge in [-0.25, -0.2) is 4.39 Å². The Morgan fingerprint density at radius 3 is 2.65 bits per heavy atom. The van der Waals surface area contributed by atoms with E-state index in [0.717, 1.165) is 11.4 Å². The summed E-state index contributed by atoms with van der Waals surface area (Å²) in [5.41, 5.74) is 1.47. The van der Waals surface area contributed by atoms with E-state index in [1.807, 2.05) is 35.7 Å². The summed E-state index contributed by atoms with van der Waals surface area (Å²) in [5.74, 6) is 0.205. The summed E-state index contributed by atoms with van der Waals surface area (Å²) >= 11 is 1.43. The molecular formula is C20H20FN3OS. The van der Waals surface area contributed by atoms with Gasteiger partial charge in [0.2, 0.25) is 0 Å². The zero-order valence-electron chi connectivity index (χ0n) is 14.2. The summed E-state index contributed by atoms with van der Waals surface area (Å²) in [5, 5.41) is 15.9. The highest BCUT2D eigenvalue weighted by atomic mass is 32.1. The fourth-order valence-electron chi connectivity index (χ4n) is 2.37. The Balaban J connectivity index is 1.44. The number of amidine groups is 1. The lowest BCUT2D eigenvalue weighted by Gasteiger charge is -2.11. The first-order valence-electron chi connectivity index (χ1n) is 8.29. The van der Waals surface area contributed by atoms with Crippen LogP contribution in [-0.4, -0.2) is 19.0 Å². The standard InChI is InChI=1S/C20H20FN3OS/c21-17-13-16(25-11-10-23-14-15-5-2-1-3-6-15)8-9-18(17)24-20(22)19-7-4-12-26-19/h1-9,12-13,23H,10-11,14H2,(H2,22,24). The second-order valence-corrected chi connectivity index (χ2v) is 6.58. The molecule has 0 fully saturated rings. The summed E-state index contributed by atoms with van der Waals surface area (Å²) in [6.07, 6.45) is 0. The van der Waals surface area contributed by atoms with Crippen molar-refractivity contribution in [3.8, 4) is 5.75 Å². The molecule has 4 nitrogen and oxygen atoms in total. The number of halogens is 1. The predicted molar refractivity (Wildman–Crippen MR) is 105 cm³/mol. The van der Waals surface area contributed by atoms with Crippen molar-refractivity contribution < 1.29 is 9.13 Å². The van der Waals surface area contributed by atoms with E-state index in [1.54, 1.807) is 12.1 Å². The highest BCUT2D eigenvalue weighted by molar-refractivity contribution is 7.12. The predicted octanol–water partition coefficient (Wildman–Crippen LogP) is 4.49. The fraction of sp³-hybridized carbons (Fsp3) is 0.150. The van der Waals surface area contributed by atoms with Crippen LogP contribution in [0.5, 0.6) is 5.75 Å². The number of thiophene rings is 1. The van der Waals surface area contributed by atoms with E-state index < -0.39 is 5.82 Å². The van der Waals surface area contributed by atoms with E-state index in [2.05, 4.69) is 22.8 Å². The lowest BCUT2D eigenvalue weighted by atomic mass is 10.2. The van der Waals surface area contributed by atoms with E-state index in [9.17, 15) is 4.39 Å². The molecule has 0 atom stereocenters. The molecule has 0 amide bonds. The smallest absolute Gasteiger partial charge is 0.150 e. The van der Waals surface area contributed by atoms with E-state index >= 15 is 0 Å². The molecule has 0 unspecified atom stereocenters. The Morgan fingerprint density at radius 2 is 1.92 bits per heavy atom. The Bertz CT molecular complexity index is 838. The van der Waals surface area contributed by atoms with Crippen molar-refractivity contribution in [1.29, 1.82) is 5.41 Å². The molecule has 3 rings (SSSR count). The molecular weight excluding hydrogens is 349 g/mol. The maximum absolute atomic E-state index is 14.2. The normalized spacial score (nSPS) is 10.5. The average Bonchev–Trinajstić information content (AvgIpc) is 3.19. The molecule has 0 spiro atoms. The molecule has 6 heteroatoms. The summed E-state index contributed by atoms with van der Waals surface area (Å²) in [7, 11) is 0. The molecule has 0 saturated carbocycles. The van der Waals surface area contributed by atoms with Crippen molar-refractivity contribution in [3.05, 3.63) is 82.3 Å². The molecule has 0 radical (unpaired) electrons. The summed E-state index contributed by atoms with van der Waals surface area (Å²) < 4.78 is 19.8. The van der Waals surface area contributed by atoms with Crippen LogP contribution in [0.2, 0.25) is 0 Å². The third-order valence-corrected chi connectivity index (χ3v) is 4.57. The molecule has 3 aromatic rings. The van der Waals surface area contributed by atoms with Gasteiger partial charge in [0, 0.05) is 19.2 Å². The summed E-state index contributed by atoms with van der Waals surface area (Å²) in [4.78, 5) is 0.759. The fourth-order valence-corrected chi connectivity index (χ4v) is 3.00. The van der Waals surface area contributed by atoms with E-state index in [1.165, 1.54) is 23.0 Å². The number of ether oxygens (including phenoxy) is 1. The van der Waals surface area contributed by atoms with Gasteiger partial charge in [-0.05, 0) is 29.1 Å². The van der Waals surface area contributed by atoms with Gasteiger partial charge >= 0.3 is 0 Å². The van der Waals surface area contributed by atoms with Crippen LogP contribution in [0.15, 0.2) is 66.0 Å². The number of hydrogen-bond acceptors (Lipinski definition) is 4.